The minimum absolute atomic E-state index is 0.0885. The third-order valence-electron chi connectivity index (χ3n) is 3.86. The van der Waals surface area contributed by atoms with E-state index in [1.54, 1.807) is 0 Å². The minimum Gasteiger partial charge on any atom is -0.445 e. The number of benzene rings is 2. The van der Waals surface area contributed by atoms with Gasteiger partial charge in [-0.1, -0.05) is 60.7 Å². The summed E-state index contributed by atoms with van der Waals surface area (Å²) < 4.78 is 4.98. The van der Waals surface area contributed by atoms with Crippen molar-refractivity contribution < 1.29 is 23.9 Å². The van der Waals surface area contributed by atoms with Gasteiger partial charge in [-0.25, -0.2) is 4.79 Å². The Hall–Kier alpha value is -3.68. The van der Waals surface area contributed by atoms with E-state index in [-0.39, 0.29) is 19.7 Å². The molecule has 0 radical (unpaired) electrons. The Bertz CT molecular complexity index is 812. The van der Waals surface area contributed by atoms with Gasteiger partial charge < -0.3 is 25.5 Å². The minimum atomic E-state index is -0.739. The molecule has 0 aliphatic rings. The third-order valence-corrected chi connectivity index (χ3v) is 3.86. The smallest absolute Gasteiger partial charge is 0.407 e. The lowest BCUT2D eigenvalue weighted by molar-refractivity contribution is -0.126. The van der Waals surface area contributed by atoms with Crippen molar-refractivity contribution in [3.8, 4) is 0 Å². The summed E-state index contributed by atoms with van der Waals surface area (Å²) in [7, 11) is 0. The summed E-state index contributed by atoms with van der Waals surface area (Å²) in [5.41, 5.74) is 1.73. The van der Waals surface area contributed by atoms with E-state index in [9.17, 15) is 19.2 Å². The summed E-state index contributed by atoms with van der Waals surface area (Å²) in [5.74, 6) is -1.06. The van der Waals surface area contributed by atoms with Gasteiger partial charge in [0.05, 0.1) is 12.6 Å². The molecule has 8 heteroatoms. The zero-order chi connectivity index (χ0) is 20.9. The number of amides is 3. The van der Waals surface area contributed by atoms with Crippen molar-refractivity contribution in [1.29, 1.82) is 0 Å². The van der Waals surface area contributed by atoms with Crippen molar-refractivity contribution in [3.63, 3.8) is 0 Å². The van der Waals surface area contributed by atoms with Crippen LogP contribution in [0.4, 0.5) is 4.79 Å². The van der Waals surface area contributed by atoms with Crippen LogP contribution in [-0.4, -0.2) is 43.3 Å². The highest BCUT2D eigenvalue weighted by Crippen LogP contribution is 2.02. The first-order valence-corrected chi connectivity index (χ1v) is 9.06. The average molecular weight is 397 g/mol. The molecule has 0 aromatic heterocycles. The molecule has 8 nitrogen and oxygen atoms in total. The maximum Gasteiger partial charge on any atom is 0.407 e. The number of alkyl carbamates (subject to hydrolysis) is 1. The molecular formula is C21H23N3O5. The van der Waals surface area contributed by atoms with Crippen LogP contribution in [0.25, 0.3) is 0 Å². The van der Waals surface area contributed by atoms with E-state index in [2.05, 4.69) is 16.0 Å². The van der Waals surface area contributed by atoms with Crippen LogP contribution in [0.3, 0.4) is 0 Å². The molecule has 2 aromatic carbocycles. The van der Waals surface area contributed by atoms with Gasteiger partial charge in [-0.3, -0.25) is 9.59 Å². The van der Waals surface area contributed by atoms with Crippen LogP contribution in [0.2, 0.25) is 0 Å². The molecule has 0 saturated heterocycles. The maximum absolute atomic E-state index is 11.9. The van der Waals surface area contributed by atoms with Crippen LogP contribution in [0.15, 0.2) is 60.7 Å². The van der Waals surface area contributed by atoms with Crippen molar-refractivity contribution in [2.45, 2.75) is 19.1 Å². The van der Waals surface area contributed by atoms with Crippen LogP contribution < -0.4 is 16.0 Å². The zero-order valence-electron chi connectivity index (χ0n) is 15.8. The molecule has 3 N–H and O–H groups in total. The van der Waals surface area contributed by atoms with Crippen LogP contribution in [0, 0.1) is 0 Å². The lowest BCUT2D eigenvalue weighted by Gasteiger charge is -2.13. The molecule has 0 spiro atoms. The molecule has 0 fully saturated rings. The lowest BCUT2D eigenvalue weighted by Crippen LogP contribution is -2.45. The van der Waals surface area contributed by atoms with Gasteiger partial charge in [0, 0.05) is 0 Å². The number of rotatable bonds is 10. The Morgan fingerprint density at radius 3 is 2.03 bits per heavy atom. The molecule has 2 aromatic rings. The monoisotopic (exact) mass is 397 g/mol. The predicted molar refractivity (Wildman–Crippen MR) is 106 cm³/mol. The van der Waals surface area contributed by atoms with E-state index < -0.39 is 23.9 Å². The predicted octanol–water partition coefficient (Wildman–Crippen LogP) is 0.955. The molecule has 0 aliphatic heterocycles. The van der Waals surface area contributed by atoms with Gasteiger partial charge in [0.25, 0.3) is 0 Å². The molecule has 0 heterocycles. The van der Waals surface area contributed by atoms with Crippen molar-refractivity contribution in [1.82, 2.24) is 16.0 Å². The van der Waals surface area contributed by atoms with Gasteiger partial charge in [0.1, 0.15) is 19.4 Å². The van der Waals surface area contributed by atoms with E-state index >= 15 is 0 Å². The topological polar surface area (TPSA) is 114 Å². The summed E-state index contributed by atoms with van der Waals surface area (Å²) in [6.07, 6.45) is 0.271. The number of carbonyl (C=O) groups is 4. The SMILES string of the molecule is O=C[C@H](Cc1ccccc1)NC(=O)CNC(=O)CNC(=O)OCc1ccccc1. The van der Waals surface area contributed by atoms with Gasteiger partial charge >= 0.3 is 6.09 Å². The Labute approximate surface area is 168 Å². The fourth-order valence-corrected chi connectivity index (χ4v) is 2.43. The number of hydrogen-bond donors (Lipinski definition) is 3. The second-order valence-electron chi connectivity index (χ2n) is 6.19. The van der Waals surface area contributed by atoms with Gasteiger partial charge in [-0.15, -0.1) is 0 Å². The first kappa shape index (κ1) is 21.6. The second kappa shape index (κ2) is 11.9. The largest absolute Gasteiger partial charge is 0.445 e. The summed E-state index contributed by atoms with van der Waals surface area (Å²) in [5, 5.41) is 7.21. The summed E-state index contributed by atoms with van der Waals surface area (Å²) >= 11 is 0. The normalized spacial score (nSPS) is 11.0. The van der Waals surface area contributed by atoms with E-state index in [0.29, 0.717) is 12.7 Å². The fraction of sp³-hybridized carbons (Fsp3) is 0.238. The van der Waals surface area contributed by atoms with Gasteiger partial charge in [0.2, 0.25) is 11.8 Å². The van der Waals surface area contributed by atoms with E-state index in [0.717, 1.165) is 11.1 Å². The average Bonchev–Trinajstić information content (AvgIpc) is 2.75. The van der Waals surface area contributed by atoms with E-state index in [4.69, 9.17) is 4.74 Å². The second-order valence-corrected chi connectivity index (χ2v) is 6.19. The van der Waals surface area contributed by atoms with E-state index in [1.807, 2.05) is 60.7 Å². The first-order valence-electron chi connectivity index (χ1n) is 9.06. The Kier molecular flexibility index (Phi) is 8.88. The molecule has 0 aliphatic carbocycles. The van der Waals surface area contributed by atoms with Crippen molar-refractivity contribution in [3.05, 3.63) is 71.8 Å². The summed E-state index contributed by atoms with van der Waals surface area (Å²) in [6, 6.07) is 17.7. The maximum atomic E-state index is 11.9. The van der Waals surface area contributed by atoms with Crippen molar-refractivity contribution in [2.24, 2.45) is 0 Å². The molecule has 29 heavy (non-hydrogen) atoms. The first-order chi connectivity index (χ1) is 14.1. The van der Waals surface area contributed by atoms with Gasteiger partial charge in [0.15, 0.2) is 0 Å². The highest BCUT2D eigenvalue weighted by molar-refractivity contribution is 5.88. The molecule has 0 saturated carbocycles. The van der Waals surface area contributed by atoms with Gasteiger partial charge in [-0.2, -0.15) is 0 Å². The lowest BCUT2D eigenvalue weighted by atomic mass is 10.1. The standard InChI is InChI=1S/C21H23N3O5/c25-14-18(11-16-7-3-1-4-8-16)24-20(27)13-22-19(26)12-23-21(28)29-15-17-9-5-2-6-10-17/h1-10,14,18H,11-13,15H2,(H,22,26)(H,23,28)(H,24,27)/t18-/m0/s1. The molecule has 0 bridgehead atoms. The molecule has 2 rings (SSSR count). The summed E-state index contributed by atoms with van der Waals surface area (Å²) in [6.45, 7) is -0.550. The Balaban J connectivity index is 1.62. The highest BCUT2D eigenvalue weighted by atomic mass is 16.5. The van der Waals surface area contributed by atoms with Crippen molar-refractivity contribution >= 4 is 24.2 Å². The number of aldehydes is 1. The van der Waals surface area contributed by atoms with Crippen LogP contribution in [0.5, 0.6) is 0 Å². The molecule has 1 atom stereocenters. The Morgan fingerprint density at radius 2 is 1.41 bits per heavy atom. The third kappa shape index (κ3) is 8.70. The zero-order valence-corrected chi connectivity index (χ0v) is 15.8. The fourth-order valence-electron chi connectivity index (χ4n) is 2.43. The van der Waals surface area contributed by atoms with Crippen LogP contribution >= 0.6 is 0 Å². The molecule has 152 valence electrons. The van der Waals surface area contributed by atoms with Crippen LogP contribution in [-0.2, 0) is 32.1 Å². The highest BCUT2D eigenvalue weighted by Gasteiger charge is 2.13. The number of ether oxygens (including phenoxy) is 1. The van der Waals surface area contributed by atoms with Crippen LogP contribution in [0.1, 0.15) is 11.1 Å². The number of hydrogen-bond acceptors (Lipinski definition) is 5. The molecule has 3 amide bonds. The molecule has 0 unspecified atom stereocenters. The molecular weight excluding hydrogens is 374 g/mol. The quantitative estimate of drug-likeness (QED) is 0.517. The number of carbonyl (C=O) groups excluding carboxylic acids is 4. The number of nitrogens with one attached hydrogen (secondary N) is 3. The summed E-state index contributed by atoms with van der Waals surface area (Å²) in [4.78, 5) is 46.4. The van der Waals surface area contributed by atoms with Gasteiger partial charge in [-0.05, 0) is 17.5 Å². The Morgan fingerprint density at radius 1 is 0.828 bits per heavy atom. The van der Waals surface area contributed by atoms with E-state index in [1.165, 1.54) is 0 Å². The van der Waals surface area contributed by atoms with Crippen molar-refractivity contribution in [2.75, 3.05) is 13.1 Å².